The highest BCUT2D eigenvalue weighted by Crippen LogP contribution is 2.71. The Labute approximate surface area is 105 Å². The predicted molar refractivity (Wildman–Crippen MR) is 69.4 cm³/mol. The van der Waals surface area contributed by atoms with Crippen LogP contribution in [0.3, 0.4) is 0 Å². The standard InChI is InChI=1S/C3H10Cl4N3OP3/c1-8-14(11,9(2)12(4)5)10(3)13(6)7/h1-3H3,(H,8,11). The SMILES string of the molecule is CNP(=O)(N(C)P(Cl)Cl)N(C)P(Cl)Cl. The number of halogens is 4. The van der Waals surface area contributed by atoms with E-state index < -0.39 is 21.1 Å². The van der Waals surface area contributed by atoms with Crippen LogP contribution < -0.4 is 5.09 Å². The molecular weight excluding hydrogens is 329 g/mol. The summed E-state index contributed by atoms with van der Waals surface area (Å²) in [6, 6.07) is 0. The second-order valence-electron chi connectivity index (χ2n) is 2.18. The lowest BCUT2D eigenvalue weighted by Crippen LogP contribution is -2.25. The Kier molecular flexibility index (Phi) is 7.80. The predicted octanol–water partition coefficient (Wildman–Crippen LogP) is 4.59. The molecule has 0 saturated heterocycles. The van der Waals surface area contributed by atoms with Crippen molar-refractivity contribution in [3.8, 4) is 0 Å². The zero-order valence-electron chi connectivity index (χ0n) is 7.66. The highest BCUT2D eigenvalue weighted by molar-refractivity contribution is 8.08. The largest absolute Gasteiger partial charge is 0.294 e. The summed E-state index contributed by atoms with van der Waals surface area (Å²) in [5.74, 6) is 0. The molecule has 0 atom stereocenters. The van der Waals surface area contributed by atoms with Gasteiger partial charge in [-0.05, 0) is 7.05 Å². The summed E-state index contributed by atoms with van der Waals surface area (Å²) >= 11 is 22.7. The molecular formula is C3H10Cl4N3OP3. The molecule has 0 bridgehead atoms. The van der Waals surface area contributed by atoms with Crippen LogP contribution in [0.2, 0.25) is 0 Å². The molecule has 0 amide bonds. The molecule has 4 nitrogen and oxygen atoms in total. The van der Waals surface area contributed by atoms with Gasteiger partial charge in [0.05, 0.1) is 0 Å². The van der Waals surface area contributed by atoms with Crippen LogP contribution in [0.15, 0.2) is 0 Å². The molecule has 0 rings (SSSR count). The Balaban J connectivity index is 4.89. The number of nitrogens with zero attached hydrogens (tertiary/aromatic N) is 2. The Bertz CT molecular complexity index is 211. The van der Waals surface area contributed by atoms with Crippen molar-refractivity contribution in [1.29, 1.82) is 0 Å². The van der Waals surface area contributed by atoms with Crippen LogP contribution in [-0.4, -0.2) is 30.0 Å². The van der Waals surface area contributed by atoms with E-state index in [1.165, 1.54) is 15.9 Å². The number of rotatable bonds is 5. The van der Waals surface area contributed by atoms with Gasteiger partial charge in [-0.3, -0.25) is 4.57 Å². The van der Waals surface area contributed by atoms with Crippen molar-refractivity contribution >= 4 is 66.1 Å². The minimum atomic E-state index is -3.05. The molecule has 0 aliphatic rings. The summed E-state index contributed by atoms with van der Waals surface area (Å²) in [7, 11) is 1.58. The zero-order chi connectivity index (χ0) is 11.5. The minimum Gasteiger partial charge on any atom is -0.270 e. The van der Waals surface area contributed by atoms with Crippen LogP contribution in [0.1, 0.15) is 0 Å². The molecule has 0 aliphatic carbocycles. The van der Waals surface area contributed by atoms with Crippen LogP contribution in [0.5, 0.6) is 0 Å². The molecule has 0 unspecified atom stereocenters. The topological polar surface area (TPSA) is 35.6 Å². The normalized spacial score (nSPS) is 13.6. The van der Waals surface area contributed by atoms with Gasteiger partial charge < -0.3 is 0 Å². The fourth-order valence-corrected chi connectivity index (χ4v) is 7.83. The number of nitrogens with one attached hydrogen (secondary N) is 1. The lowest BCUT2D eigenvalue weighted by Gasteiger charge is -2.34. The highest BCUT2D eigenvalue weighted by Gasteiger charge is 2.37. The molecule has 14 heavy (non-hydrogen) atoms. The third-order valence-electron chi connectivity index (χ3n) is 1.51. The van der Waals surface area contributed by atoms with Crippen LogP contribution >= 0.6 is 66.1 Å². The van der Waals surface area contributed by atoms with E-state index in [4.69, 9.17) is 45.0 Å². The summed E-state index contributed by atoms with van der Waals surface area (Å²) in [4.78, 5) is 0. The van der Waals surface area contributed by atoms with Gasteiger partial charge in [-0.2, -0.15) is 8.88 Å². The molecule has 0 aromatic rings. The molecule has 0 aromatic heterocycles. The zero-order valence-corrected chi connectivity index (χ0v) is 13.4. The van der Waals surface area contributed by atoms with Gasteiger partial charge in [-0.15, -0.1) is 0 Å². The maximum Gasteiger partial charge on any atom is 0.294 e. The minimum absolute atomic E-state index is 1.34. The molecule has 0 aliphatic heterocycles. The van der Waals surface area contributed by atoms with E-state index in [1.54, 1.807) is 14.1 Å². The first-order valence-corrected chi connectivity index (χ1v) is 11.1. The maximum absolute atomic E-state index is 12.3. The van der Waals surface area contributed by atoms with Crippen LogP contribution in [0.4, 0.5) is 0 Å². The van der Waals surface area contributed by atoms with Gasteiger partial charge in [-0.25, -0.2) is 5.09 Å². The van der Waals surface area contributed by atoms with Crippen molar-refractivity contribution in [2.75, 3.05) is 21.1 Å². The lowest BCUT2D eigenvalue weighted by molar-refractivity contribution is 0.509. The van der Waals surface area contributed by atoms with Crippen LogP contribution in [0, 0.1) is 0 Å². The van der Waals surface area contributed by atoms with E-state index in [9.17, 15) is 4.57 Å². The van der Waals surface area contributed by atoms with Gasteiger partial charge in [-0.1, -0.05) is 45.0 Å². The van der Waals surface area contributed by atoms with Crippen LogP contribution in [0.25, 0.3) is 0 Å². The maximum atomic E-state index is 12.3. The van der Waals surface area contributed by atoms with Crippen molar-refractivity contribution in [2.24, 2.45) is 0 Å². The van der Waals surface area contributed by atoms with Crippen molar-refractivity contribution in [2.45, 2.75) is 0 Å². The molecule has 0 saturated carbocycles. The molecule has 11 heteroatoms. The average molecular weight is 339 g/mol. The first-order valence-electron chi connectivity index (χ1n) is 3.28. The third kappa shape index (κ3) is 3.86. The molecule has 0 radical (unpaired) electrons. The van der Waals surface area contributed by atoms with Crippen molar-refractivity contribution in [3.05, 3.63) is 0 Å². The molecule has 0 heterocycles. The summed E-state index contributed by atoms with van der Waals surface area (Å²) in [6.45, 7) is -3.02. The number of hydrogen-bond donors (Lipinski definition) is 1. The van der Waals surface area contributed by atoms with E-state index in [0.717, 1.165) is 0 Å². The molecule has 86 valence electrons. The third-order valence-corrected chi connectivity index (χ3v) is 11.1. The Hall–Kier alpha value is 2.13. The first kappa shape index (κ1) is 16.1. The fraction of sp³-hybridized carbons (Fsp3) is 1.00. The monoisotopic (exact) mass is 337 g/mol. The van der Waals surface area contributed by atoms with Gasteiger partial charge >= 0.3 is 0 Å². The smallest absolute Gasteiger partial charge is 0.270 e. The average Bonchev–Trinajstić information content (AvgIpc) is 2.13. The summed E-state index contributed by atoms with van der Waals surface area (Å²) in [5.41, 5.74) is 0. The van der Waals surface area contributed by atoms with Crippen molar-refractivity contribution in [1.82, 2.24) is 14.0 Å². The Morgan fingerprint density at radius 3 is 1.50 bits per heavy atom. The van der Waals surface area contributed by atoms with E-state index in [1.807, 2.05) is 0 Å². The van der Waals surface area contributed by atoms with E-state index in [-0.39, 0.29) is 0 Å². The van der Waals surface area contributed by atoms with Gasteiger partial charge in [0.25, 0.3) is 7.59 Å². The quantitative estimate of drug-likeness (QED) is 0.744. The molecule has 0 spiro atoms. The van der Waals surface area contributed by atoms with E-state index in [2.05, 4.69) is 5.09 Å². The molecule has 1 N–H and O–H groups in total. The second-order valence-corrected chi connectivity index (χ2v) is 12.5. The number of hydrogen-bond acceptors (Lipinski definition) is 1. The fourth-order valence-electron chi connectivity index (χ4n) is 0.660. The van der Waals surface area contributed by atoms with Crippen LogP contribution in [-0.2, 0) is 4.57 Å². The van der Waals surface area contributed by atoms with Gasteiger partial charge in [0.15, 0.2) is 13.6 Å². The summed E-state index contributed by atoms with van der Waals surface area (Å²) in [5, 5.41) is 2.64. The Morgan fingerprint density at radius 2 is 1.36 bits per heavy atom. The Morgan fingerprint density at radius 1 is 1.07 bits per heavy atom. The molecule has 0 fully saturated rings. The van der Waals surface area contributed by atoms with Gasteiger partial charge in [0.2, 0.25) is 0 Å². The molecule has 0 aromatic carbocycles. The van der Waals surface area contributed by atoms with E-state index in [0.29, 0.717) is 0 Å². The lowest BCUT2D eigenvalue weighted by atomic mass is 11.6. The van der Waals surface area contributed by atoms with Crippen molar-refractivity contribution < 1.29 is 4.57 Å². The highest BCUT2D eigenvalue weighted by atomic mass is 35.9. The van der Waals surface area contributed by atoms with E-state index >= 15 is 0 Å². The van der Waals surface area contributed by atoms with Gasteiger partial charge in [0, 0.05) is 14.1 Å². The first-order chi connectivity index (χ1) is 6.27. The van der Waals surface area contributed by atoms with Gasteiger partial charge in [0.1, 0.15) is 0 Å². The summed E-state index contributed by atoms with van der Waals surface area (Å²) < 4.78 is 15.0. The second kappa shape index (κ2) is 6.77. The summed E-state index contributed by atoms with van der Waals surface area (Å²) in [6.07, 6.45) is 0. The van der Waals surface area contributed by atoms with Crippen molar-refractivity contribution in [3.63, 3.8) is 0 Å².